The van der Waals surface area contributed by atoms with E-state index in [1.54, 1.807) is 36.4 Å². The first-order valence-electron chi connectivity index (χ1n) is 14.2. The zero-order valence-electron chi connectivity index (χ0n) is 24.4. The molecule has 0 aliphatic rings. The average molecular weight is 677 g/mol. The van der Waals surface area contributed by atoms with Crippen molar-refractivity contribution in [3.8, 4) is 0 Å². The maximum absolute atomic E-state index is 13.6. The van der Waals surface area contributed by atoms with Gasteiger partial charge in [-0.15, -0.1) is 11.8 Å². The molecule has 5 rings (SSSR count). The van der Waals surface area contributed by atoms with Crippen molar-refractivity contribution in [3.05, 3.63) is 166 Å². The summed E-state index contributed by atoms with van der Waals surface area (Å²) in [5, 5.41) is 8.15. The minimum absolute atomic E-state index is 0.0989. The minimum atomic E-state index is -0.553. The van der Waals surface area contributed by atoms with Crippen LogP contribution >= 0.6 is 27.7 Å². The Morgan fingerprint density at radius 1 is 0.711 bits per heavy atom. The predicted molar refractivity (Wildman–Crippen MR) is 186 cm³/mol. The highest BCUT2D eigenvalue weighted by Gasteiger charge is 2.23. The molecule has 5 aromatic carbocycles. The van der Waals surface area contributed by atoms with Gasteiger partial charge in [0, 0.05) is 26.3 Å². The highest BCUT2D eigenvalue weighted by Crippen LogP contribution is 2.37. The Hall–Kier alpha value is -4.92. The van der Waals surface area contributed by atoms with E-state index in [1.165, 1.54) is 11.8 Å². The van der Waals surface area contributed by atoms with Crippen molar-refractivity contribution in [2.75, 3.05) is 10.6 Å². The van der Waals surface area contributed by atoms with Gasteiger partial charge in [-0.3, -0.25) is 14.4 Å². The Balaban J connectivity index is 1.37. The van der Waals surface area contributed by atoms with Gasteiger partial charge in [-0.05, 0) is 78.7 Å². The van der Waals surface area contributed by atoms with Gasteiger partial charge in [0.25, 0.3) is 11.8 Å². The number of rotatable bonds is 10. The van der Waals surface area contributed by atoms with Crippen molar-refractivity contribution in [3.63, 3.8) is 0 Å². The van der Waals surface area contributed by atoms with Crippen LogP contribution in [-0.4, -0.2) is 17.7 Å². The summed E-state index contributed by atoms with van der Waals surface area (Å²) in [6.45, 7) is 1.98. The molecule has 45 heavy (non-hydrogen) atoms. The molecule has 0 saturated carbocycles. The molecule has 6 nitrogen and oxygen atoms in total. The number of carbonyl (C=O) groups is 3. The van der Waals surface area contributed by atoms with E-state index in [2.05, 4.69) is 31.9 Å². The summed E-state index contributed by atoms with van der Waals surface area (Å²) in [4.78, 5) is 40.9. The normalized spacial score (nSPS) is 11.7. The van der Waals surface area contributed by atoms with Gasteiger partial charge in [-0.1, -0.05) is 100 Å². The summed E-state index contributed by atoms with van der Waals surface area (Å²) in [5.74, 6) is -1.04. The highest BCUT2D eigenvalue weighted by atomic mass is 79.9. The number of halogens is 1. The zero-order valence-corrected chi connectivity index (χ0v) is 26.8. The topological polar surface area (TPSA) is 87.3 Å². The minimum Gasteiger partial charge on any atom is -0.325 e. The first-order chi connectivity index (χ1) is 21.8. The molecule has 0 radical (unpaired) electrons. The molecule has 0 aliphatic heterocycles. The molecular weight excluding hydrogens is 646 g/mol. The number of thioether (sulfide) groups is 1. The van der Waals surface area contributed by atoms with E-state index in [-0.39, 0.29) is 11.6 Å². The Bertz CT molecular complexity index is 1810. The third kappa shape index (κ3) is 9.04. The summed E-state index contributed by atoms with van der Waals surface area (Å²) >= 11 is 4.80. The number of benzene rings is 5. The van der Waals surface area contributed by atoms with Crippen molar-refractivity contribution >= 4 is 62.9 Å². The molecule has 0 heterocycles. The zero-order chi connectivity index (χ0) is 31.6. The number of hydrogen-bond donors (Lipinski definition) is 3. The van der Waals surface area contributed by atoms with Gasteiger partial charge in [-0.25, -0.2) is 0 Å². The Morgan fingerprint density at radius 3 is 2.07 bits per heavy atom. The fraction of sp³-hybridized carbons (Fsp3) is 0.0541. The van der Waals surface area contributed by atoms with Gasteiger partial charge in [-0.2, -0.15) is 0 Å². The molecule has 0 spiro atoms. The number of nitrogens with one attached hydrogen (secondary N) is 3. The number of anilines is 2. The SMILES string of the molecule is Cc1ccc(/C=C(\NC(=O)c2ccccc2)C(=O)Nc2cccc(SC(C(=O)Nc3ccc(Br)cc3)c3ccccc3)c2)cc1. The Kier molecular flexibility index (Phi) is 10.6. The molecule has 1 atom stereocenters. The second-order valence-electron chi connectivity index (χ2n) is 10.2. The molecule has 0 aliphatic carbocycles. The number of carbonyl (C=O) groups excluding carboxylic acids is 3. The van der Waals surface area contributed by atoms with Crippen molar-refractivity contribution < 1.29 is 14.4 Å². The quantitative estimate of drug-likeness (QED) is 0.102. The molecule has 8 heteroatoms. The fourth-order valence-corrected chi connectivity index (χ4v) is 5.74. The van der Waals surface area contributed by atoms with Crippen LogP contribution in [-0.2, 0) is 9.59 Å². The Morgan fingerprint density at radius 2 is 1.38 bits per heavy atom. The van der Waals surface area contributed by atoms with Crippen molar-refractivity contribution in [1.29, 1.82) is 0 Å². The fourth-order valence-electron chi connectivity index (χ4n) is 4.40. The van der Waals surface area contributed by atoms with Crippen LogP contribution in [0.3, 0.4) is 0 Å². The lowest BCUT2D eigenvalue weighted by molar-refractivity contribution is -0.116. The van der Waals surface area contributed by atoms with Crippen LogP contribution in [0, 0.1) is 6.92 Å². The molecule has 0 aromatic heterocycles. The summed E-state index contributed by atoms with van der Waals surface area (Å²) in [7, 11) is 0. The molecular formula is C37H30BrN3O3S. The van der Waals surface area contributed by atoms with Gasteiger partial charge in [0.1, 0.15) is 10.9 Å². The number of amides is 3. The van der Waals surface area contributed by atoms with Crippen molar-refractivity contribution in [2.24, 2.45) is 0 Å². The van der Waals surface area contributed by atoms with E-state index in [4.69, 9.17) is 0 Å². The molecule has 0 bridgehead atoms. The van der Waals surface area contributed by atoms with E-state index in [0.29, 0.717) is 16.9 Å². The van der Waals surface area contributed by atoms with E-state index in [0.717, 1.165) is 26.1 Å². The molecule has 224 valence electrons. The molecule has 3 amide bonds. The van der Waals surface area contributed by atoms with E-state index >= 15 is 0 Å². The summed E-state index contributed by atoms with van der Waals surface area (Å²) in [6.07, 6.45) is 1.64. The third-order valence-electron chi connectivity index (χ3n) is 6.72. The van der Waals surface area contributed by atoms with Gasteiger partial charge in [0.15, 0.2) is 0 Å². The predicted octanol–water partition coefficient (Wildman–Crippen LogP) is 8.64. The van der Waals surface area contributed by atoms with Crippen molar-refractivity contribution in [2.45, 2.75) is 17.1 Å². The number of hydrogen-bond acceptors (Lipinski definition) is 4. The molecule has 0 fully saturated rings. The first kappa shape index (κ1) is 31.5. The highest BCUT2D eigenvalue weighted by molar-refractivity contribution is 9.10. The lowest BCUT2D eigenvalue weighted by atomic mass is 10.1. The van der Waals surface area contributed by atoms with E-state index < -0.39 is 17.1 Å². The molecule has 1 unspecified atom stereocenters. The standard InChI is InChI=1S/C37H30BrN3O3S/c1-25-15-17-26(18-16-25)23-33(41-35(42)28-11-6-3-7-12-28)36(43)40-31-13-8-14-32(24-31)45-34(27-9-4-2-5-10-27)37(44)39-30-21-19-29(38)20-22-30/h2-24,34H,1H3,(H,39,44)(H,40,43)(H,41,42)/b33-23-. The summed E-state index contributed by atoms with van der Waals surface area (Å²) in [5.41, 5.74) is 4.45. The second kappa shape index (κ2) is 15.2. The van der Waals surface area contributed by atoms with Crippen LogP contribution in [0.15, 0.2) is 149 Å². The second-order valence-corrected chi connectivity index (χ2v) is 12.3. The third-order valence-corrected chi connectivity index (χ3v) is 8.49. The molecule has 3 N–H and O–H groups in total. The van der Waals surface area contributed by atoms with E-state index in [1.807, 2.05) is 110 Å². The molecule has 0 saturated heterocycles. The lowest BCUT2D eigenvalue weighted by Crippen LogP contribution is -2.30. The lowest BCUT2D eigenvalue weighted by Gasteiger charge is -2.18. The van der Waals surface area contributed by atoms with Crippen LogP contribution in [0.5, 0.6) is 0 Å². The number of aryl methyl sites for hydroxylation is 1. The summed E-state index contributed by atoms with van der Waals surface area (Å²) < 4.78 is 0.921. The average Bonchev–Trinajstić information content (AvgIpc) is 3.06. The smallest absolute Gasteiger partial charge is 0.272 e. The van der Waals surface area contributed by atoms with Crippen LogP contribution < -0.4 is 16.0 Å². The van der Waals surface area contributed by atoms with Gasteiger partial charge < -0.3 is 16.0 Å². The maximum Gasteiger partial charge on any atom is 0.272 e. The first-order valence-corrected chi connectivity index (χ1v) is 15.9. The van der Waals surface area contributed by atoms with Crippen LogP contribution in [0.2, 0.25) is 0 Å². The van der Waals surface area contributed by atoms with E-state index in [9.17, 15) is 14.4 Å². The monoisotopic (exact) mass is 675 g/mol. The van der Waals surface area contributed by atoms with Crippen LogP contribution in [0.25, 0.3) is 6.08 Å². The van der Waals surface area contributed by atoms with Gasteiger partial charge >= 0.3 is 0 Å². The largest absolute Gasteiger partial charge is 0.325 e. The molecule has 5 aromatic rings. The van der Waals surface area contributed by atoms with Gasteiger partial charge in [0.05, 0.1) is 0 Å². The van der Waals surface area contributed by atoms with Crippen LogP contribution in [0.4, 0.5) is 11.4 Å². The maximum atomic E-state index is 13.6. The summed E-state index contributed by atoms with van der Waals surface area (Å²) in [6, 6.07) is 40.6. The van der Waals surface area contributed by atoms with Gasteiger partial charge in [0.2, 0.25) is 5.91 Å². The van der Waals surface area contributed by atoms with Crippen LogP contribution in [0.1, 0.15) is 32.3 Å². The van der Waals surface area contributed by atoms with Crippen molar-refractivity contribution in [1.82, 2.24) is 5.32 Å². The Labute approximate surface area is 275 Å².